The average molecular weight is 256 g/mol. The van der Waals surface area contributed by atoms with Gasteiger partial charge in [0.2, 0.25) is 0 Å². The highest BCUT2D eigenvalue weighted by Crippen LogP contribution is 2.14. The van der Waals surface area contributed by atoms with Gasteiger partial charge >= 0.3 is 0 Å². The van der Waals surface area contributed by atoms with Crippen molar-refractivity contribution in [2.24, 2.45) is 0 Å². The molecule has 1 amide bonds. The molecule has 0 aliphatic carbocycles. The van der Waals surface area contributed by atoms with Crippen molar-refractivity contribution in [2.75, 3.05) is 14.1 Å². The summed E-state index contributed by atoms with van der Waals surface area (Å²) in [6, 6.07) is 11.6. The lowest BCUT2D eigenvalue weighted by Gasteiger charge is -2.11. The molecule has 1 heterocycles. The fourth-order valence-electron chi connectivity index (χ4n) is 1.61. The van der Waals surface area contributed by atoms with Crippen LogP contribution in [0.2, 0.25) is 0 Å². The number of amides is 1. The van der Waals surface area contributed by atoms with Gasteiger partial charge in [-0.15, -0.1) is 0 Å². The molecule has 1 aromatic carbocycles. The summed E-state index contributed by atoms with van der Waals surface area (Å²) in [7, 11) is 3.42. The number of aromatic nitrogens is 1. The Morgan fingerprint density at radius 1 is 1.21 bits per heavy atom. The normalized spacial score (nSPS) is 10.0. The summed E-state index contributed by atoms with van der Waals surface area (Å²) in [6.45, 7) is 0.460. The second-order valence-electron chi connectivity index (χ2n) is 4.38. The number of pyridine rings is 1. The van der Waals surface area contributed by atoms with E-state index >= 15 is 0 Å². The summed E-state index contributed by atoms with van der Waals surface area (Å²) >= 11 is 0. The molecule has 2 rings (SSSR count). The summed E-state index contributed by atoms with van der Waals surface area (Å²) in [4.78, 5) is 17.3. The van der Waals surface area contributed by atoms with Crippen molar-refractivity contribution in [2.45, 2.75) is 6.61 Å². The fraction of sp³-hybridized carbons (Fsp3) is 0.200. The smallest absolute Gasteiger partial charge is 0.255 e. The zero-order chi connectivity index (χ0) is 13.7. The molecule has 1 aromatic heterocycles. The number of benzene rings is 1. The number of carbonyl (C=O) groups excluding carboxylic acids is 1. The molecule has 0 saturated carbocycles. The predicted octanol–water partition coefficient (Wildman–Crippen LogP) is 2.36. The van der Waals surface area contributed by atoms with E-state index in [1.165, 1.54) is 11.1 Å². The van der Waals surface area contributed by atoms with Gasteiger partial charge < -0.3 is 9.64 Å². The summed E-state index contributed by atoms with van der Waals surface area (Å²) in [5.74, 6) is 0.509. The number of hydrogen-bond donors (Lipinski definition) is 0. The van der Waals surface area contributed by atoms with Gasteiger partial charge in [-0.25, -0.2) is 0 Å². The van der Waals surface area contributed by atoms with Gasteiger partial charge in [0.1, 0.15) is 12.4 Å². The lowest BCUT2D eigenvalue weighted by Crippen LogP contribution is -2.21. The first kappa shape index (κ1) is 13.1. The van der Waals surface area contributed by atoms with Crippen molar-refractivity contribution in [1.82, 2.24) is 9.88 Å². The van der Waals surface area contributed by atoms with E-state index in [1.54, 1.807) is 26.4 Å². The summed E-state index contributed by atoms with van der Waals surface area (Å²) in [6.07, 6.45) is 3.15. The van der Waals surface area contributed by atoms with E-state index in [9.17, 15) is 4.79 Å². The minimum atomic E-state index is -0.0855. The van der Waals surface area contributed by atoms with Crippen LogP contribution >= 0.6 is 0 Å². The Labute approximate surface area is 112 Å². The zero-order valence-corrected chi connectivity index (χ0v) is 11.0. The largest absolute Gasteiger partial charge is 0.487 e. The molecule has 0 aliphatic rings. The van der Waals surface area contributed by atoms with Gasteiger partial charge in [0.05, 0.1) is 11.8 Å². The van der Waals surface area contributed by atoms with Crippen molar-refractivity contribution in [3.8, 4) is 5.75 Å². The van der Waals surface area contributed by atoms with Gasteiger partial charge in [-0.05, 0) is 11.6 Å². The average Bonchev–Trinajstić information content (AvgIpc) is 2.45. The van der Waals surface area contributed by atoms with Crippen LogP contribution in [-0.2, 0) is 6.61 Å². The highest BCUT2D eigenvalue weighted by atomic mass is 16.5. The first-order chi connectivity index (χ1) is 9.16. The van der Waals surface area contributed by atoms with E-state index in [4.69, 9.17) is 4.74 Å². The molecule has 0 bridgehead atoms. The van der Waals surface area contributed by atoms with Gasteiger partial charge in [0, 0.05) is 20.3 Å². The van der Waals surface area contributed by atoms with Crippen LogP contribution in [0.25, 0.3) is 0 Å². The second-order valence-corrected chi connectivity index (χ2v) is 4.38. The third-order valence-corrected chi connectivity index (χ3v) is 2.61. The minimum absolute atomic E-state index is 0.0855. The van der Waals surface area contributed by atoms with Gasteiger partial charge in [-0.1, -0.05) is 30.3 Å². The van der Waals surface area contributed by atoms with Crippen LogP contribution < -0.4 is 4.74 Å². The maximum absolute atomic E-state index is 11.8. The molecule has 98 valence electrons. The Balaban J connectivity index is 2.05. The highest BCUT2D eigenvalue weighted by molar-refractivity contribution is 5.93. The predicted molar refractivity (Wildman–Crippen MR) is 73.0 cm³/mol. The van der Waals surface area contributed by atoms with E-state index in [-0.39, 0.29) is 5.91 Å². The van der Waals surface area contributed by atoms with Crippen LogP contribution in [-0.4, -0.2) is 29.9 Å². The van der Waals surface area contributed by atoms with Gasteiger partial charge in [-0.2, -0.15) is 0 Å². The zero-order valence-electron chi connectivity index (χ0n) is 11.0. The van der Waals surface area contributed by atoms with Gasteiger partial charge in [0.25, 0.3) is 5.91 Å². The van der Waals surface area contributed by atoms with E-state index in [0.717, 1.165) is 5.56 Å². The van der Waals surface area contributed by atoms with Crippen LogP contribution in [0.3, 0.4) is 0 Å². The van der Waals surface area contributed by atoms with Gasteiger partial charge in [0.15, 0.2) is 0 Å². The Morgan fingerprint density at radius 2 is 1.95 bits per heavy atom. The van der Waals surface area contributed by atoms with Crippen molar-refractivity contribution >= 4 is 5.91 Å². The van der Waals surface area contributed by atoms with Crippen LogP contribution in [0.4, 0.5) is 0 Å². The van der Waals surface area contributed by atoms with E-state index in [2.05, 4.69) is 4.98 Å². The Bertz CT molecular complexity index is 553. The van der Waals surface area contributed by atoms with E-state index in [0.29, 0.717) is 17.9 Å². The van der Waals surface area contributed by atoms with E-state index in [1.807, 2.05) is 30.3 Å². The Kier molecular flexibility index (Phi) is 4.13. The fourth-order valence-corrected chi connectivity index (χ4v) is 1.61. The molecule has 0 spiro atoms. The van der Waals surface area contributed by atoms with Crippen molar-refractivity contribution < 1.29 is 9.53 Å². The molecule has 19 heavy (non-hydrogen) atoms. The molecule has 4 heteroatoms. The second kappa shape index (κ2) is 6.00. The maximum atomic E-state index is 11.8. The van der Waals surface area contributed by atoms with Crippen molar-refractivity contribution in [1.29, 1.82) is 0 Å². The van der Waals surface area contributed by atoms with Crippen LogP contribution in [0.1, 0.15) is 15.9 Å². The van der Waals surface area contributed by atoms with Crippen LogP contribution in [0.15, 0.2) is 48.8 Å². The lowest BCUT2D eigenvalue weighted by molar-refractivity contribution is 0.0826. The molecule has 0 fully saturated rings. The van der Waals surface area contributed by atoms with E-state index < -0.39 is 0 Å². The highest BCUT2D eigenvalue weighted by Gasteiger charge is 2.09. The first-order valence-corrected chi connectivity index (χ1v) is 6.00. The maximum Gasteiger partial charge on any atom is 0.255 e. The molecule has 0 atom stereocenters. The number of carbonyl (C=O) groups is 1. The molecule has 0 N–H and O–H groups in total. The quantitative estimate of drug-likeness (QED) is 0.843. The molecule has 0 radical (unpaired) electrons. The van der Waals surface area contributed by atoms with Crippen LogP contribution in [0, 0.1) is 0 Å². The number of hydrogen-bond acceptors (Lipinski definition) is 3. The summed E-state index contributed by atoms with van der Waals surface area (Å²) < 4.78 is 5.63. The molecule has 2 aromatic rings. The summed E-state index contributed by atoms with van der Waals surface area (Å²) in [5, 5.41) is 0. The van der Waals surface area contributed by atoms with Crippen molar-refractivity contribution in [3.05, 3.63) is 59.9 Å². The van der Waals surface area contributed by atoms with Gasteiger partial charge in [-0.3, -0.25) is 9.78 Å². The molecular formula is C15H16N2O2. The number of ether oxygens (including phenoxy) is 1. The Morgan fingerprint density at radius 3 is 2.63 bits per heavy atom. The van der Waals surface area contributed by atoms with Crippen molar-refractivity contribution in [3.63, 3.8) is 0 Å². The first-order valence-electron chi connectivity index (χ1n) is 6.00. The number of nitrogens with zero attached hydrogens (tertiary/aromatic N) is 2. The minimum Gasteiger partial charge on any atom is -0.487 e. The van der Waals surface area contributed by atoms with Crippen LogP contribution in [0.5, 0.6) is 5.75 Å². The molecule has 0 saturated heterocycles. The number of rotatable bonds is 4. The molecule has 0 unspecified atom stereocenters. The third kappa shape index (κ3) is 3.55. The molecule has 0 aliphatic heterocycles. The molecular weight excluding hydrogens is 240 g/mol. The standard InChI is InChI=1S/C15H16N2O2/c1-17(2)15(18)13-8-14(10-16-9-13)19-11-12-6-4-3-5-7-12/h3-10H,11H2,1-2H3. The topological polar surface area (TPSA) is 42.4 Å². The lowest BCUT2D eigenvalue weighted by atomic mass is 10.2. The summed E-state index contributed by atoms with van der Waals surface area (Å²) in [5.41, 5.74) is 1.60. The Hall–Kier alpha value is -2.36. The SMILES string of the molecule is CN(C)C(=O)c1cncc(OCc2ccccc2)c1. The molecule has 4 nitrogen and oxygen atoms in total. The third-order valence-electron chi connectivity index (χ3n) is 2.61. The monoisotopic (exact) mass is 256 g/mol.